The van der Waals surface area contributed by atoms with Gasteiger partial charge in [0.05, 0.1) is 5.60 Å². The van der Waals surface area contributed by atoms with Crippen molar-refractivity contribution < 1.29 is 5.11 Å². The van der Waals surface area contributed by atoms with E-state index in [1.165, 1.54) is 6.42 Å². The first-order valence-corrected chi connectivity index (χ1v) is 7.46. The number of pyridine rings is 1. The number of hydrogen-bond donors (Lipinski definition) is 1. The lowest BCUT2D eigenvalue weighted by Gasteiger charge is -2.38. The number of aromatic nitrogens is 1. The Morgan fingerprint density at radius 3 is 2.67 bits per heavy atom. The lowest BCUT2D eigenvalue weighted by Crippen LogP contribution is -2.45. The lowest BCUT2D eigenvalue weighted by molar-refractivity contribution is -0.0211. The van der Waals surface area contributed by atoms with Gasteiger partial charge in [0, 0.05) is 35.9 Å². The molecule has 3 nitrogen and oxygen atoms in total. The first-order valence-electron chi connectivity index (χ1n) is 6.66. The predicted octanol–water partition coefficient (Wildman–Crippen LogP) is 2.62. The topological polar surface area (TPSA) is 36.4 Å². The second kappa shape index (κ2) is 6.13. The number of hydrogen-bond acceptors (Lipinski definition) is 3. The van der Waals surface area contributed by atoms with E-state index in [4.69, 9.17) is 0 Å². The van der Waals surface area contributed by atoms with Crippen LogP contribution in [0.3, 0.4) is 0 Å². The van der Waals surface area contributed by atoms with Crippen LogP contribution < -0.4 is 0 Å². The predicted molar refractivity (Wildman–Crippen MR) is 76.6 cm³/mol. The molecule has 1 aliphatic heterocycles. The van der Waals surface area contributed by atoms with E-state index in [0.717, 1.165) is 42.6 Å². The summed E-state index contributed by atoms with van der Waals surface area (Å²) >= 11 is 3.38. The van der Waals surface area contributed by atoms with Crippen molar-refractivity contribution in [3.8, 4) is 0 Å². The quantitative estimate of drug-likeness (QED) is 0.928. The Hall–Kier alpha value is -0.450. The second-order valence-electron chi connectivity index (χ2n) is 5.21. The maximum Gasteiger partial charge on any atom is 0.0727 e. The van der Waals surface area contributed by atoms with E-state index in [2.05, 4.69) is 32.7 Å². The van der Waals surface area contributed by atoms with Crippen LogP contribution in [0.2, 0.25) is 0 Å². The third-order valence-corrected chi connectivity index (χ3v) is 4.09. The molecular formula is C14H21BrN2O. The van der Waals surface area contributed by atoms with Crippen LogP contribution in [0.1, 0.15) is 31.9 Å². The fourth-order valence-electron chi connectivity index (χ4n) is 2.53. The maximum absolute atomic E-state index is 10.6. The minimum absolute atomic E-state index is 0.564. The molecule has 0 amide bonds. The molecule has 4 heteroatoms. The highest BCUT2D eigenvalue weighted by Crippen LogP contribution is 2.26. The van der Waals surface area contributed by atoms with Crippen LogP contribution in [0.15, 0.2) is 22.8 Å². The monoisotopic (exact) mass is 312 g/mol. The van der Waals surface area contributed by atoms with Gasteiger partial charge in [0.15, 0.2) is 0 Å². The van der Waals surface area contributed by atoms with Crippen LogP contribution in [0.4, 0.5) is 0 Å². The highest BCUT2D eigenvalue weighted by Gasteiger charge is 2.32. The smallest absolute Gasteiger partial charge is 0.0727 e. The third-order valence-electron chi connectivity index (χ3n) is 3.63. The van der Waals surface area contributed by atoms with Crippen LogP contribution in [0.25, 0.3) is 0 Å². The number of piperidine rings is 1. The van der Waals surface area contributed by atoms with Gasteiger partial charge in [-0.2, -0.15) is 0 Å². The van der Waals surface area contributed by atoms with Crippen molar-refractivity contribution in [2.45, 2.75) is 38.2 Å². The van der Waals surface area contributed by atoms with E-state index in [1.54, 1.807) is 6.20 Å². The molecule has 2 heterocycles. The summed E-state index contributed by atoms with van der Waals surface area (Å²) in [7, 11) is 0. The fourth-order valence-corrected chi connectivity index (χ4v) is 2.77. The molecule has 0 spiro atoms. The average Bonchev–Trinajstić information content (AvgIpc) is 2.36. The minimum atomic E-state index is -0.564. The zero-order chi connectivity index (χ0) is 13.0. The number of rotatable bonds is 4. The SMILES string of the molecule is CCCN1CCC(O)(Cc2ccc(Br)cn2)CC1. The van der Waals surface area contributed by atoms with Crippen LogP contribution in [-0.4, -0.2) is 40.2 Å². The normalized spacial score (nSPS) is 19.9. The molecule has 0 bridgehead atoms. The molecule has 2 rings (SSSR count). The van der Waals surface area contributed by atoms with Gasteiger partial charge in [-0.1, -0.05) is 6.92 Å². The standard InChI is InChI=1S/C14H21BrN2O/c1-2-7-17-8-5-14(18,6-9-17)10-13-4-3-12(15)11-16-13/h3-4,11,18H,2,5-10H2,1H3. The van der Waals surface area contributed by atoms with Crippen molar-refractivity contribution in [1.82, 2.24) is 9.88 Å². The van der Waals surface area contributed by atoms with Gasteiger partial charge < -0.3 is 10.0 Å². The minimum Gasteiger partial charge on any atom is -0.389 e. The molecule has 0 saturated carbocycles. The summed E-state index contributed by atoms with van der Waals surface area (Å²) in [6, 6.07) is 3.97. The molecule has 18 heavy (non-hydrogen) atoms. The van der Waals surface area contributed by atoms with E-state index in [9.17, 15) is 5.11 Å². The van der Waals surface area contributed by atoms with Crippen LogP contribution in [0.5, 0.6) is 0 Å². The molecule has 0 radical (unpaired) electrons. The fraction of sp³-hybridized carbons (Fsp3) is 0.643. The molecule has 1 fully saturated rings. The van der Waals surface area contributed by atoms with Gasteiger partial charge >= 0.3 is 0 Å². The molecule has 100 valence electrons. The summed E-state index contributed by atoms with van der Waals surface area (Å²) in [5.41, 5.74) is 0.412. The number of aliphatic hydroxyl groups is 1. The summed E-state index contributed by atoms with van der Waals surface area (Å²) in [5, 5.41) is 10.6. The van der Waals surface area contributed by atoms with E-state index in [0.29, 0.717) is 6.42 Å². The Labute approximate surface area is 117 Å². The van der Waals surface area contributed by atoms with Gasteiger partial charge in [-0.15, -0.1) is 0 Å². The Morgan fingerprint density at radius 2 is 2.11 bits per heavy atom. The first-order chi connectivity index (χ1) is 8.61. The van der Waals surface area contributed by atoms with E-state index < -0.39 is 5.60 Å². The van der Waals surface area contributed by atoms with E-state index in [-0.39, 0.29) is 0 Å². The van der Waals surface area contributed by atoms with Gasteiger partial charge in [0.1, 0.15) is 0 Å². The van der Waals surface area contributed by atoms with Gasteiger partial charge in [-0.05, 0) is 53.9 Å². The largest absolute Gasteiger partial charge is 0.389 e. The van der Waals surface area contributed by atoms with Crippen LogP contribution in [-0.2, 0) is 6.42 Å². The van der Waals surface area contributed by atoms with Crippen molar-refractivity contribution in [2.24, 2.45) is 0 Å². The van der Waals surface area contributed by atoms with Crippen molar-refractivity contribution in [1.29, 1.82) is 0 Å². The van der Waals surface area contributed by atoms with Crippen LogP contribution in [0, 0.1) is 0 Å². The summed E-state index contributed by atoms with van der Waals surface area (Å²) in [6.45, 7) is 5.35. The molecule has 1 aliphatic rings. The molecule has 1 N–H and O–H groups in total. The van der Waals surface area contributed by atoms with Crippen molar-refractivity contribution in [3.63, 3.8) is 0 Å². The molecule has 0 atom stereocenters. The summed E-state index contributed by atoms with van der Waals surface area (Å²) in [4.78, 5) is 6.79. The Morgan fingerprint density at radius 1 is 1.39 bits per heavy atom. The summed E-state index contributed by atoms with van der Waals surface area (Å²) in [5.74, 6) is 0. The average molecular weight is 313 g/mol. The zero-order valence-electron chi connectivity index (χ0n) is 10.9. The Balaban J connectivity index is 1.91. The van der Waals surface area contributed by atoms with Gasteiger partial charge in [0.2, 0.25) is 0 Å². The molecule has 0 aliphatic carbocycles. The highest BCUT2D eigenvalue weighted by atomic mass is 79.9. The number of halogens is 1. The maximum atomic E-state index is 10.6. The van der Waals surface area contributed by atoms with Gasteiger partial charge in [-0.3, -0.25) is 4.98 Å². The van der Waals surface area contributed by atoms with Crippen molar-refractivity contribution in [3.05, 3.63) is 28.5 Å². The zero-order valence-corrected chi connectivity index (χ0v) is 12.5. The first kappa shape index (κ1) is 14.0. The van der Waals surface area contributed by atoms with Crippen molar-refractivity contribution >= 4 is 15.9 Å². The number of likely N-dealkylation sites (tertiary alicyclic amines) is 1. The Bertz CT molecular complexity index is 372. The van der Waals surface area contributed by atoms with Gasteiger partial charge in [0.25, 0.3) is 0 Å². The highest BCUT2D eigenvalue weighted by molar-refractivity contribution is 9.10. The van der Waals surface area contributed by atoms with E-state index in [1.807, 2.05) is 12.1 Å². The molecule has 0 unspecified atom stereocenters. The molecule has 0 aromatic carbocycles. The summed E-state index contributed by atoms with van der Waals surface area (Å²) in [6.07, 6.45) is 5.35. The van der Waals surface area contributed by atoms with Crippen LogP contribution >= 0.6 is 15.9 Å². The molecule has 1 aromatic heterocycles. The third kappa shape index (κ3) is 3.77. The molecule has 1 aromatic rings. The lowest BCUT2D eigenvalue weighted by atomic mass is 9.87. The Kier molecular flexibility index (Phi) is 4.76. The van der Waals surface area contributed by atoms with E-state index >= 15 is 0 Å². The number of nitrogens with zero attached hydrogens (tertiary/aromatic N) is 2. The second-order valence-corrected chi connectivity index (χ2v) is 6.13. The molecule has 1 saturated heterocycles. The molecular weight excluding hydrogens is 292 g/mol. The van der Waals surface area contributed by atoms with Crippen molar-refractivity contribution in [2.75, 3.05) is 19.6 Å². The summed E-state index contributed by atoms with van der Waals surface area (Å²) < 4.78 is 0.982. The van der Waals surface area contributed by atoms with Gasteiger partial charge in [-0.25, -0.2) is 0 Å².